The second-order valence-electron chi connectivity index (χ2n) is 3.94. The number of rotatable bonds is 1. The first-order valence-electron chi connectivity index (χ1n) is 5.01. The molecule has 1 aliphatic rings. The molecule has 1 aromatic carbocycles. The van der Waals surface area contributed by atoms with Crippen LogP contribution in [0.5, 0.6) is 0 Å². The molecular weight excluding hydrogens is 203 g/mol. The molecule has 0 fully saturated rings. The highest BCUT2D eigenvalue weighted by Crippen LogP contribution is 2.44. The van der Waals surface area contributed by atoms with Gasteiger partial charge >= 0.3 is 0 Å². The lowest BCUT2D eigenvalue weighted by molar-refractivity contribution is 0.208. The highest BCUT2D eigenvalue weighted by Gasteiger charge is 2.33. The summed E-state index contributed by atoms with van der Waals surface area (Å²) < 4.78 is 0. The fourth-order valence-corrected chi connectivity index (χ4v) is 2.43. The number of allylic oxidation sites excluding steroid dienone is 1. The van der Waals surface area contributed by atoms with Crippen LogP contribution in [0.15, 0.2) is 53.4 Å². The fourth-order valence-electron chi connectivity index (χ4n) is 2.05. The van der Waals surface area contributed by atoms with Crippen molar-refractivity contribution < 1.29 is 5.11 Å². The second-order valence-corrected chi connectivity index (χ2v) is 4.56. The third kappa shape index (κ3) is 1.67. The Hall–Kier alpha value is -0.910. The molecule has 15 heavy (non-hydrogen) atoms. The molecule has 0 aliphatic heterocycles. The maximum absolute atomic E-state index is 10.1. The molecule has 0 spiro atoms. The maximum atomic E-state index is 10.1. The number of benzene rings is 1. The normalized spacial score (nSPS) is 26.2. The van der Waals surface area contributed by atoms with Gasteiger partial charge in [0.1, 0.15) is 0 Å². The molecule has 1 aromatic rings. The Balaban J connectivity index is 2.39. The molecule has 1 aliphatic carbocycles. The predicted octanol–water partition coefficient (Wildman–Crippen LogP) is 2.85. The average Bonchev–Trinajstić information content (AvgIpc) is 2.45. The van der Waals surface area contributed by atoms with Crippen molar-refractivity contribution >= 4 is 9.24 Å². The minimum Gasteiger partial charge on any atom is -0.387 e. The molecule has 0 bridgehead atoms. The Bertz CT molecular complexity index is 419. The van der Waals surface area contributed by atoms with E-state index in [-0.39, 0.29) is 5.92 Å². The van der Waals surface area contributed by atoms with Crippen molar-refractivity contribution in [2.75, 3.05) is 0 Å². The Kier molecular flexibility index (Phi) is 2.77. The summed E-state index contributed by atoms with van der Waals surface area (Å²) in [6, 6.07) is 10.0. The maximum Gasteiger partial charge on any atom is 0.0900 e. The summed E-state index contributed by atoms with van der Waals surface area (Å²) in [5.74, 6) is 0.0266. The highest BCUT2D eigenvalue weighted by atomic mass is 31.0. The van der Waals surface area contributed by atoms with E-state index in [4.69, 9.17) is 0 Å². The van der Waals surface area contributed by atoms with Crippen molar-refractivity contribution in [2.45, 2.75) is 18.9 Å². The molecule has 3 unspecified atom stereocenters. The van der Waals surface area contributed by atoms with Gasteiger partial charge in [0.05, 0.1) is 6.10 Å². The minimum atomic E-state index is -0.440. The zero-order chi connectivity index (χ0) is 11.0. The fraction of sp³-hybridized carbons (Fsp3) is 0.231. The molecule has 0 aromatic heterocycles. The Morgan fingerprint density at radius 1 is 1.27 bits per heavy atom. The van der Waals surface area contributed by atoms with Gasteiger partial charge in [-0.25, -0.2) is 0 Å². The van der Waals surface area contributed by atoms with Crippen molar-refractivity contribution in [1.29, 1.82) is 0 Å². The monoisotopic (exact) mass is 218 g/mol. The molecular formula is C13H15OP. The van der Waals surface area contributed by atoms with E-state index in [9.17, 15) is 5.11 Å². The number of aliphatic hydroxyl groups excluding tert-OH is 1. The predicted molar refractivity (Wildman–Crippen MR) is 66.7 cm³/mol. The summed E-state index contributed by atoms with van der Waals surface area (Å²) in [6.45, 7) is 6.07. The first-order chi connectivity index (χ1) is 7.13. The molecule has 0 heterocycles. The van der Waals surface area contributed by atoms with Crippen LogP contribution in [0.1, 0.15) is 18.4 Å². The zero-order valence-corrected chi connectivity index (χ0v) is 9.93. The van der Waals surface area contributed by atoms with E-state index in [0.29, 0.717) is 0 Å². The third-order valence-corrected chi connectivity index (χ3v) is 3.86. The SMILES string of the molecule is C=C1C(C)=C(P)C(O)C1c1ccccc1. The van der Waals surface area contributed by atoms with Crippen molar-refractivity contribution in [2.24, 2.45) is 0 Å². The standard InChI is InChI=1S/C13H15OP/c1-8-9(2)13(15)12(14)11(8)10-6-4-3-5-7-10/h3-7,11-12,14H,1,15H2,2H3. The van der Waals surface area contributed by atoms with Gasteiger partial charge in [-0.2, -0.15) is 0 Å². The summed E-state index contributed by atoms with van der Waals surface area (Å²) >= 11 is 0. The molecule has 0 saturated heterocycles. The number of hydrogen-bond acceptors (Lipinski definition) is 1. The highest BCUT2D eigenvalue weighted by molar-refractivity contribution is 7.22. The van der Waals surface area contributed by atoms with Crippen LogP contribution >= 0.6 is 9.24 Å². The molecule has 2 rings (SSSR count). The van der Waals surface area contributed by atoms with Gasteiger partial charge in [-0.05, 0) is 28.9 Å². The lowest BCUT2D eigenvalue weighted by atomic mass is 9.91. The molecule has 1 nitrogen and oxygen atoms in total. The summed E-state index contributed by atoms with van der Waals surface area (Å²) in [5, 5.41) is 11.1. The van der Waals surface area contributed by atoms with Crippen LogP contribution in [-0.4, -0.2) is 11.2 Å². The van der Waals surface area contributed by atoms with Crippen LogP contribution in [0.3, 0.4) is 0 Å². The van der Waals surface area contributed by atoms with Gasteiger partial charge in [-0.3, -0.25) is 0 Å². The average molecular weight is 218 g/mol. The van der Waals surface area contributed by atoms with E-state index in [2.05, 4.69) is 15.8 Å². The molecule has 1 N–H and O–H groups in total. The zero-order valence-electron chi connectivity index (χ0n) is 8.77. The van der Waals surface area contributed by atoms with E-state index in [0.717, 1.165) is 22.0 Å². The molecule has 0 amide bonds. The third-order valence-electron chi connectivity index (χ3n) is 3.08. The van der Waals surface area contributed by atoms with Crippen LogP contribution in [0, 0.1) is 0 Å². The summed E-state index contributed by atoms with van der Waals surface area (Å²) in [7, 11) is 2.62. The van der Waals surface area contributed by atoms with Gasteiger partial charge in [-0.15, -0.1) is 9.24 Å². The molecule has 2 heteroatoms. The lowest BCUT2D eigenvalue weighted by Gasteiger charge is -2.17. The van der Waals surface area contributed by atoms with Gasteiger partial charge in [-0.1, -0.05) is 36.9 Å². The lowest BCUT2D eigenvalue weighted by Crippen LogP contribution is -2.14. The van der Waals surface area contributed by atoms with Crippen LogP contribution in [0.25, 0.3) is 0 Å². The molecule has 3 atom stereocenters. The second kappa shape index (κ2) is 3.92. The van der Waals surface area contributed by atoms with E-state index < -0.39 is 6.10 Å². The van der Waals surface area contributed by atoms with E-state index in [1.54, 1.807) is 0 Å². The minimum absolute atomic E-state index is 0.0266. The smallest absolute Gasteiger partial charge is 0.0900 e. The Labute approximate surface area is 92.7 Å². The molecule has 78 valence electrons. The van der Waals surface area contributed by atoms with Crippen molar-refractivity contribution in [1.82, 2.24) is 0 Å². The van der Waals surface area contributed by atoms with Crippen LogP contribution in [0.4, 0.5) is 0 Å². The molecule has 0 saturated carbocycles. The van der Waals surface area contributed by atoms with Gasteiger partial charge in [0.25, 0.3) is 0 Å². The number of aliphatic hydroxyl groups is 1. The van der Waals surface area contributed by atoms with Gasteiger partial charge in [0, 0.05) is 5.92 Å². The number of hydrogen-bond donors (Lipinski definition) is 1. The van der Waals surface area contributed by atoms with Crippen LogP contribution < -0.4 is 0 Å². The topological polar surface area (TPSA) is 20.2 Å². The van der Waals surface area contributed by atoms with Crippen molar-refractivity contribution in [3.63, 3.8) is 0 Å². The summed E-state index contributed by atoms with van der Waals surface area (Å²) in [6.07, 6.45) is -0.440. The van der Waals surface area contributed by atoms with E-state index in [1.807, 2.05) is 37.3 Å². The molecule has 0 radical (unpaired) electrons. The summed E-state index contributed by atoms with van der Waals surface area (Å²) in [5.41, 5.74) is 3.27. The first-order valence-corrected chi connectivity index (χ1v) is 5.59. The largest absolute Gasteiger partial charge is 0.387 e. The van der Waals surface area contributed by atoms with E-state index >= 15 is 0 Å². The first kappa shape index (κ1) is 10.6. The van der Waals surface area contributed by atoms with Crippen molar-refractivity contribution in [3.8, 4) is 0 Å². The van der Waals surface area contributed by atoms with Crippen LogP contribution in [-0.2, 0) is 0 Å². The van der Waals surface area contributed by atoms with Gasteiger partial charge in [0.15, 0.2) is 0 Å². The van der Waals surface area contributed by atoms with Gasteiger partial charge in [0.2, 0.25) is 0 Å². The van der Waals surface area contributed by atoms with E-state index in [1.165, 1.54) is 0 Å². The van der Waals surface area contributed by atoms with Gasteiger partial charge < -0.3 is 5.11 Å². The quantitative estimate of drug-likeness (QED) is 0.718. The Morgan fingerprint density at radius 2 is 1.87 bits per heavy atom. The van der Waals surface area contributed by atoms with Crippen LogP contribution in [0.2, 0.25) is 0 Å². The Morgan fingerprint density at radius 3 is 2.33 bits per heavy atom. The summed E-state index contributed by atoms with van der Waals surface area (Å²) in [4.78, 5) is 0. The van der Waals surface area contributed by atoms with Crippen molar-refractivity contribution in [3.05, 3.63) is 58.9 Å².